The number of aryl methyl sites for hydroxylation is 2. The lowest BCUT2D eigenvalue weighted by molar-refractivity contribution is 0.128. The average molecular weight is 365 g/mol. The second-order valence-electron chi connectivity index (χ2n) is 8.98. The zero-order valence-corrected chi connectivity index (χ0v) is 16.7. The molecule has 1 N–H and O–H groups in total. The van der Waals surface area contributed by atoms with Crippen molar-refractivity contribution in [2.45, 2.75) is 59.9 Å². The van der Waals surface area contributed by atoms with Crippen LogP contribution in [-0.2, 0) is 0 Å². The minimum absolute atomic E-state index is 0.0196. The summed E-state index contributed by atoms with van der Waals surface area (Å²) in [4.78, 5) is 14.6. The van der Waals surface area contributed by atoms with E-state index in [0.29, 0.717) is 11.5 Å². The number of hydrogen-bond acceptors (Lipinski definition) is 2. The monoisotopic (exact) mass is 364 g/mol. The van der Waals surface area contributed by atoms with Gasteiger partial charge in [0.2, 0.25) is 0 Å². The van der Waals surface area contributed by atoms with Gasteiger partial charge in [-0.15, -0.1) is 0 Å². The predicted molar refractivity (Wildman–Crippen MR) is 101 cm³/mol. The van der Waals surface area contributed by atoms with Gasteiger partial charge >= 0.3 is 6.03 Å². The Bertz CT molecular complexity index is 665. The second-order valence-corrected chi connectivity index (χ2v) is 9.36. The number of ether oxygens (including phenoxy) is 1. The number of carbonyl (C=O) groups is 1. The van der Waals surface area contributed by atoms with Gasteiger partial charge in [-0.1, -0.05) is 32.4 Å². The molecule has 2 aliphatic rings. The highest BCUT2D eigenvalue weighted by Gasteiger charge is 2.50. The summed E-state index contributed by atoms with van der Waals surface area (Å²) in [6.07, 6.45) is 3.37. The molecule has 1 heterocycles. The maximum atomic E-state index is 12.6. The SMILES string of the molecule is Cc1cc(OCNC(=O)N2CC3(C)CC2CC(C)(C)C3)cc(C)c1Cl. The van der Waals surface area contributed by atoms with Crippen LogP contribution in [0.1, 0.15) is 51.2 Å². The Labute approximate surface area is 155 Å². The zero-order chi connectivity index (χ0) is 18.4. The van der Waals surface area contributed by atoms with E-state index >= 15 is 0 Å². The van der Waals surface area contributed by atoms with Gasteiger partial charge in [0.15, 0.2) is 6.73 Å². The zero-order valence-electron chi connectivity index (χ0n) is 15.9. The Morgan fingerprint density at radius 2 is 1.92 bits per heavy atom. The number of carbonyl (C=O) groups excluding carboxylic acids is 1. The van der Waals surface area contributed by atoms with Crippen LogP contribution in [0, 0.1) is 24.7 Å². The number of rotatable bonds is 3. The van der Waals surface area contributed by atoms with Gasteiger partial charge in [-0.3, -0.25) is 0 Å². The number of hydrogen-bond donors (Lipinski definition) is 1. The number of benzene rings is 1. The molecule has 2 amide bonds. The van der Waals surface area contributed by atoms with Crippen molar-refractivity contribution in [3.63, 3.8) is 0 Å². The Morgan fingerprint density at radius 1 is 1.28 bits per heavy atom. The first-order valence-corrected chi connectivity index (χ1v) is 9.40. The second kappa shape index (κ2) is 6.39. The number of nitrogens with zero attached hydrogens (tertiary/aromatic N) is 1. The third-order valence-electron chi connectivity index (χ3n) is 5.55. The number of likely N-dealkylation sites (tertiary alicyclic amines) is 1. The van der Waals surface area contributed by atoms with Crippen LogP contribution in [0.3, 0.4) is 0 Å². The molecule has 2 fully saturated rings. The van der Waals surface area contributed by atoms with Crippen molar-refractivity contribution in [2.75, 3.05) is 13.3 Å². The van der Waals surface area contributed by atoms with E-state index in [1.54, 1.807) is 0 Å². The highest BCUT2D eigenvalue weighted by atomic mass is 35.5. The molecule has 25 heavy (non-hydrogen) atoms. The predicted octanol–water partition coefficient (Wildman–Crippen LogP) is 4.90. The standard InChI is InChI=1S/C20H29ClN2O2/c1-13-6-16(7-14(2)17(13)21)25-12-22-18(24)23-11-20(5)9-15(23)8-19(3,4)10-20/h6-7,15H,8-12H2,1-5H3,(H,22,24). The summed E-state index contributed by atoms with van der Waals surface area (Å²) in [6.45, 7) is 11.8. The normalized spacial score (nSPS) is 27.3. The van der Waals surface area contributed by atoms with E-state index in [4.69, 9.17) is 16.3 Å². The van der Waals surface area contributed by atoms with Crippen molar-refractivity contribution in [1.29, 1.82) is 0 Å². The largest absolute Gasteiger partial charge is 0.473 e. The summed E-state index contributed by atoms with van der Waals surface area (Å²) in [5.41, 5.74) is 2.51. The minimum atomic E-state index is -0.0196. The summed E-state index contributed by atoms with van der Waals surface area (Å²) in [5.74, 6) is 0.730. The van der Waals surface area contributed by atoms with Gasteiger partial charge in [-0.2, -0.15) is 0 Å². The third kappa shape index (κ3) is 3.89. The van der Waals surface area contributed by atoms with E-state index < -0.39 is 0 Å². The van der Waals surface area contributed by atoms with E-state index in [2.05, 4.69) is 26.1 Å². The first kappa shape index (κ1) is 18.4. The van der Waals surface area contributed by atoms with Crippen LogP contribution < -0.4 is 10.1 Å². The quantitative estimate of drug-likeness (QED) is 0.775. The molecule has 0 aromatic heterocycles. The van der Waals surface area contributed by atoms with Crippen molar-refractivity contribution in [1.82, 2.24) is 10.2 Å². The molecule has 5 heteroatoms. The highest BCUT2D eigenvalue weighted by Crippen LogP contribution is 2.52. The van der Waals surface area contributed by atoms with Crippen molar-refractivity contribution in [3.05, 3.63) is 28.3 Å². The number of urea groups is 1. The molecule has 1 aliphatic carbocycles. The van der Waals surface area contributed by atoms with Gasteiger partial charge in [0.05, 0.1) is 0 Å². The fourth-order valence-corrected chi connectivity index (χ4v) is 5.08. The third-order valence-corrected chi connectivity index (χ3v) is 6.14. The molecule has 2 bridgehead atoms. The molecule has 2 unspecified atom stereocenters. The van der Waals surface area contributed by atoms with Crippen LogP contribution in [0.5, 0.6) is 5.75 Å². The highest BCUT2D eigenvalue weighted by molar-refractivity contribution is 6.32. The lowest BCUT2D eigenvalue weighted by Crippen LogP contribution is -2.44. The Kier molecular flexibility index (Phi) is 4.69. The Balaban J connectivity index is 1.57. The smallest absolute Gasteiger partial charge is 0.320 e. The minimum Gasteiger partial charge on any atom is -0.473 e. The molecule has 0 radical (unpaired) electrons. The van der Waals surface area contributed by atoms with Crippen LogP contribution in [0.15, 0.2) is 12.1 Å². The van der Waals surface area contributed by atoms with Crippen LogP contribution in [0.25, 0.3) is 0 Å². The summed E-state index contributed by atoms with van der Waals surface area (Å²) in [7, 11) is 0. The van der Waals surface area contributed by atoms with Gasteiger partial charge < -0.3 is 15.0 Å². The molecule has 3 rings (SSSR count). The molecule has 1 aliphatic heterocycles. The van der Waals surface area contributed by atoms with Crippen molar-refractivity contribution < 1.29 is 9.53 Å². The van der Waals surface area contributed by atoms with E-state index in [9.17, 15) is 4.79 Å². The van der Waals surface area contributed by atoms with Crippen LogP contribution in [-0.4, -0.2) is 30.2 Å². The molecule has 1 aromatic rings. The van der Waals surface area contributed by atoms with Gasteiger partial charge in [0, 0.05) is 17.6 Å². The van der Waals surface area contributed by atoms with Gasteiger partial charge in [0.25, 0.3) is 0 Å². The maximum Gasteiger partial charge on any atom is 0.320 e. The molecule has 1 aromatic carbocycles. The first-order chi connectivity index (χ1) is 11.6. The molecular formula is C20H29ClN2O2. The summed E-state index contributed by atoms with van der Waals surface area (Å²) >= 11 is 6.18. The van der Waals surface area contributed by atoms with Gasteiger partial charge in [0.1, 0.15) is 5.75 Å². The number of halogens is 1. The first-order valence-electron chi connectivity index (χ1n) is 9.03. The van der Waals surface area contributed by atoms with E-state index in [1.807, 2.05) is 30.9 Å². The van der Waals surface area contributed by atoms with E-state index in [1.165, 1.54) is 6.42 Å². The van der Waals surface area contributed by atoms with Crippen molar-refractivity contribution in [3.8, 4) is 5.75 Å². The average Bonchev–Trinajstić information content (AvgIpc) is 2.73. The molecule has 1 saturated heterocycles. The molecular weight excluding hydrogens is 336 g/mol. The number of amides is 2. The summed E-state index contributed by atoms with van der Waals surface area (Å²) in [5, 5.41) is 3.68. The number of fused-ring (bicyclic) bond motifs is 2. The van der Waals surface area contributed by atoms with E-state index in [0.717, 1.165) is 41.3 Å². The Morgan fingerprint density at radius 3 is 2.56 bits per heavy atom. The lowest BCUT2D eigenvalue weighted by atomic mass is 9.65. The van der Waals surface area contributed by atoms with Gasteiger partial charge in [-0.25, -0.2) is 4.79 Å². The molecule has 2 atom stereocenters. The number of nitrogens with one attached hydrogen (secondary N) is 1. The molecule has 1 saturated carbocycles. The topological polar surface area (TPSA) is 41.6 Å². The molecule has 138 valence electrons. The molecule has 4 nitrogen and oxygen atoms in total. The van der Waals surface area contributed by atoms with E-state index in [-0.39, 0.29) is 18.2 Å². The van der Waals surface area contributed by atoms with Crippen LogP contribution >= 0.6 is 11.6 Å². The fraction of sp³-hybridized carbons (Fsp3) is 0.650. The lowest BCUT2D eigenvalue weighted by Gasteiger charge is -2.39. The maximum absolute atomic E-state index is 12.6. The van der Waals surface area contributed by atoms with Crippen molar-refractivity contribution >= 4 is 17.6 Å². The Hall–Kier alpha value is -1.42. The molecule has 0 spiro atoms. The summed E-state index contributed by atoms with van der Waals surface area (Å²) < 4.78 is 5.71. The summed E-state index contributed by atoms with van der Waals surface area (Å²) in [6, 6.07) is 4.12. The van der Waals surface area contributed by atoms with Crippen LogP contribution in [0.2, 0.25) is 5.02 Å². The van der Waals surface area contributed by atoms with Gasteiger partial charge in [-0.05, 0) is 67.2 Å². The fourth-order valence-electron chi connectivity index (χ4n) is 4.97. The van der Waals surface area contributed by atoms with Crippen LogP contribution in [0.4, 0.5) is 4.79 Å². The van der Waals surface area contributed by atoms with Crippen molar-refractivity contribution in [2.24, 2.45) is 10.8 Å².